The molecule has 1 aromatic rings. The first kappa shape index (κ1) is 16.8. The van der Waals surface area contributed by atoms with Crippen LogP contribution in [-0.2, 0) is 14.8 Å². The molecule has 1 fully saturated rings. The summed E-state index contributed by atoms with van der Waals surface area (Å²) in [6.07, 6.45) is 4.26. The standard InChI is InChI=1S/C11H17BrN4O3S2/c1-8(17)14-9-15-16-10(20-9)21(18,19)13-7-11(6-12)4-2-3-5-11/h13H,2-7H2,1H3,(H,14,15,17). The minimum atomic E-state index is -3.69. The van der Waals surface area contributed by atoms with Crippen LogP contribution in [0, 0.1) is 5.41 Å². The summed E-state index contributed by atoms with van der Waals surface area (Å²) < 4.78 is 26.9. The van der Waals surface area contributed by atoms with Crippen LogP contribution in [0.2, 0.25) is 0 Å². The van der Waals surface area contributed by atoms with Gasteiger partial charge in [-0.1, -0.05) is 40.1 Å². The highest BCUT2D eigenvalue weighted by Crippen LogP contribution is 2.39. The molecule has 1 amide bonds. The monoisotopic (exact) mass is 396 g/mol. The lowest BCUT2D eigenvalue weighted by molar-refractivity contribution is -0.114. The second kappa shape index (κ2) is 6.67. The van der Waals surface area contributed by atoms with Gasteiger partial charge in [0.15, 0.2) is 0 Å². The van der Waals surface area contributed by atoms with Crippen LogP contribution >= 0.6 is 27.3 Å². The van der Waals surface area contributed by atoms with Gasteiger partial charge in [0.2, 0.25) is 15.4 Å². The first-order chi connectivity index (χ1) is 9.87. The van der Waals surface area contributed by atoms with E-state index in [-0.39, 0.29) is 20.8 Å². The van der Waals surface area contributed by atoms with E-state index in [0.717, 1.165) is 42.4 Å². The molecule has 1 aromatic heterocycles. The topological polar surface area (TPSA) is 101 Å². The van der Waals surface area contributed by atoms with Crippen LogP contribution in [0.25, 0.3) is 0 Å². The summed E-state index contributed by atoms with van der Waals surface area (Å²) in [4.78, 5) is 10.9. The Kier molecular flexibility index (Phi) is 5.33. The Morgan fingerprint density at radius 3 is 2.62 bits per heavy atom. The molecule has 1 heterocycles. The van der Waals surface area contributed by atoms with Crippen LogP contribution < -0.4 is 10.0 Å². The number of anilines is 1. The van der Waals surface area contributed by atoms with E-state index in [2.05, 4.69) is 36.2 Å². The van der Waals surface area contributed by atoms with Gasteiger partial charge in [0, 0.05) is 18.8 Å². The summed E-state index contributed by atoms with van der Waals surface area (Å²) in [7, 11) is -3.69. The molecule has 0 atom stereocenters. The molecular formula is C11H17BrN4O3S2. The number of rotatable bonds is 6. The summed E-state index contributed by atoms with van der Waals surface area (Å²) in [6, 6.07) is 0. The summed E-state index contributed by atoms with van der Waals surface area (Å²) in [5, 5.41) is 10.6. The molecule has 21 heavy (non-hydrogen) atoms. The zero-order valence-electron chi connectivity index (χ0n) is 11.6. The molecule has 118 valence electrons. The van der Waals surface area contributed by atoms with E-state index in [4.69, 9.17) is 0 Å². The molecule has 7 nitrogen and oxygen atoms in total. The first-order valence-corrected chi connectivity index (χ1v) is 9.96. The molecule has 10 heteroatoms. The first-order valence-electron chi connectivity index (χ1n) is 6.54. The van der Waals surface area contributed by atoms with Gasteiger partial charge in [-0.3, -0.25) is 4.79 Å². The Balaban J connectivity index is 2.04. The third-order valence-corrected chi connectivity index (χ3v) is 7.30. The number of hydrogen-bond donors (Lipinski definition) is 2. The Bertz CT molecular complexity index is 611. The SMILES string of the molecule is CC(=O)Nc1nnc(S(=O)(=O)NCC2(CBr)CCCC2)s1. The van der Waals surface area contributed by atoms with Crippen molar-refractivity contribution in [1.82, 2.24) is 14.9 Å². The second-order valence-corrected chi connectivity index (χ2v) is 8.70. The summed E-state index contributed by atoms with van der Waals surface area (Å²) in [5.41, 5.74) is -0.0157. The fraction of sp³-hybridized carbons (Fsp3) is 0.727. The van der Waals surface area contributed by atoms with E-state index in [1.54, 1.807) is 0 Å². The van der Waals surface area contributed by atoms with Gasteiger partial charge in [-0.2, -0.15) is 0 Å². The van der Waals surface area contributed by atoms with Gasteiger partial charge < -0.3 is 5.32 Å². The summed E-state index contributed by atoms with van der Waals surface area (Å²) >= 11 is 4.32. The van der Waals surface area contributed by atoms with E-state index in [0.29, 0.717) is 6.54 Å². The molecule has 0 saturated heterocycles. The summed E-state index contributed by atoms with van der Waals surface area (Å²) in [6.45, 7) is 1.71. The maximum absolute atomic E-state index is 12.2. The van der Waals surface area contributed by atoms with Gasteiger partial charge in [-0.05, 0) is 18.3 Å². The van der Waals surface area contributed by atoms with Crippen molar-refractivity contribution in [3.8, 4) is 0 Å². The maximum Gasteiger partial charge on any atom is 0.269 e. The number of hydrogen-bond acceptors (Lipinski definition) is 6. The molecule has 0 unspecified atom stereocenters. The number of amides is 1. The predicted octanol–water partition coefficient (Wildman–Crippen LogP) is 1.73. The van der Waals surface area contributed by atoms with Crippen molar-refractivity contribution in [2.45, 2.75) is 36.9 Å². The molecule has 0 bridgehead atoms. The van der Waals surface area contributed by atoms with Crippen LogP contribution in [0.3, 0.4) is 0 Å². The van der Waals surface area contributed by atoms with E-state index in [1.165, 1.54) is 6.92 Å². The fourth-order valence-corrected chi connectivity index (χ4v) is 5.21. The van der Waals surface area contributed by atoms with Crippen LogP contribution in [0.15, 0.2) is 4.34 Å². The molecule has 1 aliphatic rings. The number of alkyl halides is 1. The minimum absolute atomic E-state index is 0.0157. The van der Waals surface area contributed by atoms with E-state index in [1.807, 2.05) is 0 Å². The van der Waals surface area contributed by atoms with Gasteiger partial charge in [-0.15, -0.1) is 10.2 Å². The van der Waals surface area contributed by atoms with E-state index < -0.39 is 10.0 Å². The zero-order valence-corrected chi connectivity index (χ0v) is 14.8. The number of sulfonamides is 1. The lowest BCUT2D eigenvalue weighted by Crippen LogP contribution is -2.37. The van der Waals surface area contributed by atoms with Crippen molar-refractivity contribution in [2.24, 2.45) is 5.41 Å². The minimum Gasteiger partial charge on any atom is -0.301 e. The number of halogens is 1. The molecule has 2 rings (SSSR count). The lowest BCUT2D eigenvalue weighted by Gasteiger charge is -2.26. The average molecular weight is 397 g/mol. The molecule has 1 aliphatic carbocycles. The quantitative estimate of drug-likeness (QED) is 0.563. The van der Waals surface area contributed by atoms with Crippen molar-refractivity contribution in [1.29, 1.82) is 0 Å². The van der Waals surface area contributed by atoms with Crippen molar-refractivity contribution >= 4 is 48.3 Å². The van der Waals surface area contributed by atoms with E-state index in [9.17, 15) is 13.2 Å². The molecule has 0 radical (unpaired) electrons. The van der Waals surface area contributed by atoms with Crippen molar-refractivity contribution in [3.05, 3.63) is 0 Å². The molecule has 0 spiro atoms. The molecular weight excluding hydrogens is 380 g/mol. The third-order valence-electron chi connectivity index (χ3n) is 3.50. The van der Waals surface area contributed by atoms with Gasteiger partial charge in [0.25, 0.3) is 10.0 Å². The fourth-order valence-electron chi connectivity index (χ4n) is 2.31. The molecule has 0 aromatic carbocycles. The Morgan fingerprint density at radius 1 is 1.38 bits per heavy atom. The van der Waals surface area contributed by atoms with Gasteiger partial charge in [0.05, 0.1) is 0 Å². The van der Waals surface area contributed by atoms with Crippen LogP contribution in [-0.4, -0.2) is 36.4 Å². The Hall–Kier alpha value is -0.580. The van der Waals surface area contributed by atoms with E-state index >= 15 is 0 Å². The molecule has 1 saturated carbocycles. The summed E-state index contributed by atoms with van der Waals surface area (Å²) in [5.74, 6) is -0.313. The largest absolute Gasteiger partial charge is 0.301 e. The number of aromatic nitrogens is 2. The highest BCUT2D eigenvalue weighted by Gasteiger charge is 2.34. The Labute approximate surface area is 136 Å². The van der Waals surface area contributed by atoms with Crippen molar-refractivity contribution in [3.63, 3.8) is 0 Å². The lowest BCUT2D eigenvalue weighted by atomic mass is 9.89. The van der Waals surface area contributed by atoms with Gasteiger partial charge >= 0.3 is 0 Å². The highest BCUT2D eigenvalue weighted by molar-refractivity contribution is 9.09. The van der Waals surface area contributed by atoms with Gasteiger partial charge in [0.1, 0.15) is 0 Å². The van der Waals surface area contributed by atoms with Crippen LogP contribution in [0.5, 0.6) is 0 Å². The number of carbonyl (C=O) groups is 1. The van der Waals surface area contributed by atoms with Crippen molar-refractivity contribution < 1.29 is 13.2 Å². The smallest absolute Gasteiger partial charge is 0.269 e. The van der Waals surface area contributed by atoms with Crippen LogP contribution in [0.1, 0.15) is 32.6 Å². The average Bonchev–Trinajstić information content (AvgIpc) is 3.06. The third kappa shape index (κ3) is 4.21. The van der Waals surface area contributed by atoms with Crippen LogP contribution in [0.4, 0.5) is 5.13 Å². The number of nitrogens with zero attached hydrogens (tertiary/aromatic N) is 2. The molecule has 2 N–H and O–H groups in total. The van der Waals surface area contributed by atoms with Crippen molar-refractivity contribution in [2.75, 3.05) is 17.2 Å². The Morgan fingerprint density at radius 2 is 2.05 bits per heavy atom. The molecule has 0 aliphatic heterocycles. The predicted molar refractivity (Wildman–Crippen MR) is 84.1 cm³/mol. The number of nitrogens with one attached hydrogen (secondary N) is 2. The highest BCUT2D eigenvalue weighted by atomic mass is 79.9. The maximum atomic E-state index is 12.2. The second-order valence-electron chi connectivity index (χ2n) is 5.22. The number of carbonyl (C=O) groups excluding carboxylic acids is 1. The zero-order chi connectivity index (χ0) is 15.5. The normalized spacial score (nSPS) is 17.8. The van der Waals surface area contributed by atoms with Gasteiger partial charge in [-0.25, -0.2) is 13.1 Å².